The number of allylic oxidation sites excluding steroid dienone is 3. The molecule has 1 aliphatic rings. The van der Waals surface area contributed by atoms with Gasteiger partial charge in [0.05, 0.1) is 0 Å². The molecule has 0 aliphatic carbocycles. The summed E-state index contributed by atoms with van der Waals surface area (Å²) in [4.78, 5) is 22.8. The molecule has 1 aromatic carbocycles. The summed E-state index contributed by atoms with van der Waals surface area (Å²) in [5.74, 6) is 0.150. The van der Waals surface area contributed by atoms with Crippen molar-refractivity contribution in [2.45, 2.75) is 57.1 Å². The number of hydrogen-bond acceptors (Lipinski definition) is 4. The second-order valence-corrected chi connectivity index (χ2v) is 15.5. The van der Waals surface area contributed by atoms with Crippen LogP contribution in [0.1, 0.15) is 47.1 Å². The van der Waals surface area contributed by atoms with Crippen LogP contribution in [0.2, 0.25) is 8.63 Å². The van der Waals surface area contributed by atoms with E-state index in [0.29, 0.717) is 5.56 Å². The molecule has 0 radical (unpaired) electrons. The molecular formula is C19H24O4Se2. The normalized spacial score (nSPS) is 15.6. The van der Waals surface area contributed by atoms with Crippen LogP contribution in [0.5, 0.6) is 5.75 Å². The van der Waals surface area contributed by atoms with Gasteiger partial charge in [-0.2, -0.15) is 0 Å². The second kappa shape index (κ2) is 7.28. The Morgan fingerprint density at radius 2 is 1.40 bits per heavy atom. The fourth-order valence-electron chi connectivity index (χ4n) is 2.00. The van der Waals surface area contributed by atoms with Crippen LogP contribution in [0.4, 0.5) is 0 Å². The number of hydrogen-bond donors (Lipinski definition) is 0. The molecule has 6 heteroatoms. The van der Waals surface area contributed by atoms with E-state index in [-0.39, 0.29) is 44.3 Å². The summed E-state index contributed by atoms with van der Waals surface area (Å²) in [6, 6.07) is 0. The molecule has 0 fully saturated rings. The van der Waals surface area contributed by atoms with Crippen LogP contribution in [0.15, 0.2) is 42.9 Å². The molecule has 0 saturated heterocycles. The summed E-state index contributed by atoms with van der Waals surface area (Å²) < 4.78 is 13.9. The Labute approximate surface area is 161 Å². The molecule has 0 amide bonds. The maximum atomic E-state index is 11.5. The Hall–Kier alpha value is -1.06. The topological polar surface area (TPSA) is 52.6 Å². The Kier molecular flexibility index (Phi) is 5.90. The van der Waals surface area contributed by atoms with E-state index in [0.717, 1.165) is 14.9 Å². The van der Waals surface area contributed by atoms with Gasteiger partial charge < -0.3 is 0 Å². The summed E-state index contributed by atoms with van der Waals surface area (Å²) >= 11 is 0.355. The standard InChI is InChI=1S/C19H24O4Se2/c1-11-15(20)16(21)17(11)22-10-12-8-13(24-18(2,3)4)23-14(9-12)25-19(5,6)7/h8-10H,1-7H3. The van der Waals surface area contributed by atoms with Gasteiger partial charge in [-0.15, -0.1) is 0 Å². The molecule has 2 rings (SSSR count). The molecule has 0 bridgehead atoms. The number of ether oxygens (including phenoxy) is 2. The third-order valence-corrected chi connectivity index (χ3v) is 7.25. The van der Waals surface area contributed by atoms with Crippen molar-refractivity contribution in [2.24, 2.45) is 0 Å². The van der Waals surface area contributed by atoms with Crippen molar-refractivity contribution >= 4 is 29.9 Å². The van der Waals surface area contributed by atoms with Crippen LogP contribution in [0, 0.1) is 6.92 Å². The first kappa shape index (κ1) is 20.3. The first-order valence-corrected chi connectivity index (χ1v) is 11.4. The average Bonchev–Trinajstić information content (AvgIpc) is 2.42. The van der Waals surface area contributed by atoms with E-state index in [1.807, 2.05) is 12.2 Å². The zero-order chi connectivity index (χ0) is 19.0. The Morgan fingerprint density at radius 3 is 1.80 bits per heavy atom. The van der Waals surface area contributed by atoms with Gasteiger partial charge in [-0.25, -0.2) is 0 Å². The summed E-state index contributed by atoms with van der Waals surface area (Å²) in [6.45, 7) is 14.8. The summed E-state index contributed by atoms with van der Waals surface area (Å²) in [5, 5.41) is 0. The van der Waals surface area contributed by atoms with Gasteiger partial charge in [0, 0.05) is 0 Å². The SMILES string of the molecule is Cc1c(OC=C2C=C([Se]C(C)(C)C)OC([Se]C(C)(C)C)=C2)c(=O)c1=O. The van der Waals surface area contributed by atoms with Crippen molar-refractivity contribution in [3.8, 4) is 5.75 Å². The van der Waals surface area contributed by atoms with Gasteiger partial charge in [0.1, 0.15) is 0 Å². The van der Waals surface area contributed by atoms with E-state index in [4.69, 9.17) is 9.47 Å². The molecule has 1 aromatic rings. The zero-order valence-corrected chi connectivity index (χ0v) is 19.1. The quantitative estimate of drug-likeness (QED) is 0.382. The van der Waals surface area contributed by atoms with Crippen molar-refractivity contribution in [1.82, 2.24) is 0 Å². The minimum absolute atomic E-state index is 0.150. The Morgan fingerprint density at radius 1 is 0.920 bits per heavy atom. The second-order valence-electron chi connectivity index (χ2n) is 7.81. The van der Waals surface area contributed by atoms with Gasteiger partial charge in [-0.05, 0) is 0 Å². The van der Waals surface area contributed by atoms with E-state index in [9.17, 15) is 9.59 Å². The molecular weight excluding hydrogens is 450 g/mol. The van der Waals surface area contributed by atoms with Gasteiger partial charge in [0.2, 0.25) is 0 Å². The zero-order valence-electron chi connectivity index (χ0n) is 15.7. The van der Waals surface area contributed by atoms with Crippen LogP contribution in [0.25, 0.3) is 0 Å². The van der Waals surface area contributed by atoms with Crippen molar-refractivity contribution < 1.29 is 9.47 Å². The minimum atomic E-state index is -0.548. The fraction of sp³-hybridized carbons (Fsp3) is 0.474. The van der Waals surface area contributed by atoms with Crippen molar-refractivity contribution in [3.63, 3.8) is 0 Å². The van der Waals surface area contributed by atoms with Crippen molar-refractivity contribution in [2.75, 3.05) is 0 Å². The molecule has 1 aliphatic heterocycles. The van der Waals surface area contributed by atoms with Crippen LogP contribution in [-0.2, 0) is 4.74 Å². The van der Waals surface area contributed by atoms with Crippen molar-refractivity contribution in [3.05, 3.63) is 59.3 Å². The van der Waals surface area contributed by atoms with Gasteiger partial charge in [-0.3, -0.25) is 0 Å². The fourth-order valence-corrected chi connectivity index (χ4v) is 6.17. The Balaban J connectivity index is 2.27. The van der Waals surface area contributed by atoms with E-state index < -0.39 is 10.9 Å². The third kappa shape index (κ3) is 5.72. The molecule has 0 spiro atoms. The summed E-state index contributed by atoms with van der Waals surface area (Å²) in [5.41, 5.74) is 0.244. The van der Waals surface area contributed by atoms with Crippen LogP contribution >= 0.6 is 0 Å². The molecule has 1 heterocycles. The van der Waals surface area contributed by atoms with E-state index >= 15 is 0 Å². The van der Waals surface area contributed by atoms with Crippen molar-refractivity contribution in [1.29, 1.82) is 0 Å². The monoisotopic (exact) mass is 476 g/mol. The first-order chi connectivity index (χ1) is 11.4. The van der Waals surface area contributed by atoms with Gasteiger partial charge in [-0.1, -0.05) is 0 Å². The third-order valence-electron chi connectivity index (χ3n) is 2.99. The molecule has 0 N–H and O–H groups in total. The molecule has 25 heavy (non-hydrogen) atoms. The van der Waals surface area contributed by atoms with Crippen LogP contribution in [-0.4, -0.2) is 29.9 Å². The predicted octanol–water partition coefficient (Wildman–Crippen LogP) is 3.41. The first-order valence-electron chi connectivity index (χ1n) is 8.02. The predicted molar refractivity (Wildman–Crippen MR) is 103 cm³/mol. The molecule has 136 valence electrons. The summed E-state index contributed by atoms with van der Waals surface area (Å²) in [7, 11) is 0. The molecule has 0 aromatic heterocycles. The van der Waals surface area contributed by atoms with Gasteiger partial charge >= 0.3 is 162 Å². The average molecular weight is 474 g/mol. The summed E-state index contributed by atoms with van der Waals surface area (Å²) in [6.07, 6.45) is 5.48. The molecule has 0 saturated carbocycles. The van der Waals surface area contributed by atoms with E-state index in [1.54, 1.807) is 13.2 Å². The van der Waals surface area contributed by atoms with Crippen LogP contribution < -0.4 is 15.6 Å². The van der Waals surface area contributed by atoms with Gasteiger partial charge in [0.15, 0.2) is 0 Å². The van der Waals surface area contributed by atoms with E-state index in [2.05, 4.69) is 41.5 Å². The maximum absolute atomic E-state index is 11.5. The molecule has 0 atom stereocenters. The van der Waals surface area contributed by atoms with Crippen LogP contribution in [0.3, 0.4) is 0 Å². The molecule has 4 nitrogen and oxygen atoms in total. The Bertz CT molecular complexity index is 789. The number of rotatable bonds is 4. The van der Waals surface area contributed by atoms with E-state index in [1.165, 1.54) is 0 Å². The molecule has 0 unspecified atom stereocenters. The van der Waals surface area contributed by atoms with Gasteiger partial charge in [0.25, 0.3) is 0 Å².